The summed E-state index contributed by atoms with van der Waals surface area (Å²) in [5.74, 6) is 0.721. The van der Waals surface area contributed by atoms with Gasteiger partial charge in [-0.25, -0.2) is 0 Å². The number of rotatable bonds is 7. The van der Waals surface area contributed by atoms with Gasteiger partial charge in [-0.1, -0.05) is 18.9 Å². The van der Waals surface area contributed by atoms with Crippen LogP contribution in [0.15, 0.2) is 17.5 Å². The first-order valence-corrected chi connectivity index (χ1v) is 7.63. The Balaban J connectivity index is 1.92. The predicted molar refractivity (Wildman–Crippen MR) is 74.9 cm³/mol. The van der Waals surface area contributed by atoms with E-state index in [-0.39, 0.29) is 0 Å². The van der Waals surface area contributed by atoms with Crippen molar-refractivity contribution in [1.82, 2.24) is 5.32 Å². The van der Waals surface area contributed by atoms with Gasteiger partial charge in [0.25, 0.3) is 0 Å². The molecule has 1 saturated carbocycles. The molecule has 18 heavy (non-hydrogen) atoms. The Hall–Kier alpha value is -0.420. The molecule has 0 bridgehead atoms. The van der Waals surface area contributed by atoms with E-state index in [9.17, 15) is 5.11 Å². The highest BCUT2D eigenvalue weighted by atomic mass is 32.1. The van der Waals surface area contributed by atoms with Crippen LogP contribution in [-0.4, -0.2) is 31.5 Å². The lowest BCUT2D eigenvalue weighted by Gasteiger charge is -2.25. The van der Waals surface area contributed by atoms with Crippen LogP contribution in [0, 0.1) is 5.92 Å². The zero-order valence-electron chi connectivity index (χ0n) is 11.0. The first kappa shape index (κ1) is 14.0. The maximum atomic E-state index is 9.75. The molecule has 3 nitrogen and oxygen atoms in total. The van der Waals surface area contributed by atoms with Gasteiger partial charge in [-0.2, -0.15) is 0 Å². The molecule has 2 rings (SSSR count). The molecule has 0 saturated heterocycles. The Labute approximate surface area is 113 Å². The Morgan fingerprint density at radius 2 is 2.28 bits per heavy atom. The molecule has 1 aromatic rings. The molecule has 1 heterocycles. The number of thiophene rings is 1. The van der Waals surface area contributed by atoms with Gasteiger partial charge in [0.05, 0.1) is 12.7 Å². The molecule has 102 valence electrons. The number of nitrogens with one attached hydrogen (secondary N) is 1. The fourth-order valence-corrected chi connectivity index (χ4v) is 3.67. The van der Waals surface area contributed by atoms with Crippen molar-refractivity contribution in [1.29, 1.82) is 0 Å². The number of aliphatic hydroxyl groups is 1. The van der Waals surface area contributed by atoms with Crippen LogP contribution in [0.1, 0.15) is 36.6 Å². The SMILES string of the molecule is COCC(O)CNC(c1cccs1)C1CCCC1. The van der Waals surface area contributed by atoms with Gasteiger partial charge in [0.15, 0.2) is 0 Å². The van der Waals surface area contributed by atoms with E-state index in [1.54, 1.807) is 7.11 Å². The van der Waals surface area contributed by atoms with Gasteiger partial charge in [0.1, 0.15) is 0 Å². The van der Waals surface area contributed by atoms with Crippen molar-refractivity contribution in [3.63, 3.8) is 0 Å². The van der Waals surface area contributed by atoms with Crippen LogP contribution in [0.4, 0.5) is 0 Å². The summed E-state index contributed by atoms with van der Waals surface area (Å²) in [5, 5.41) is 15.4. The molecule has 1 aliphatic rings. The van der Waals surface area contributed by atoms with Crippen molar-refractivity contribution in [3.05, 3.63) is 22.4 Å². The van der Waals surface area contributed by atoms with Crippen LogP contribution in [0.2, 0.25) is 0 Å². The summed E-state index contributed by atoms with van der Waals surface area (Å²) < 4.78 is 4.96. The summed E-state index contributed by atoms with van der Waals surface area (Å²) in [4.78, 5) is 1.39. The molecule has 2 N–H and O–H groups in total. The Morgan fingerprint density at radius 3 is 2.89 bits per heavy atom. The molecule has 1 aliphatic carbocycles. The molecule has 1 aromatic heterocycles. The van der Waals surface area contributed by atoms with Crippen molar-refractivity contribution >= 4 is 11.3 Å². The average Bonchev–Trinajstić information content (AvgIpc) is 3.02. The predicted octanol–water partition coefficient (Wildman–Crippen LogP) is 2.58. The Kier molecular flexibility index (Phi) is 5.63. The lowest BCUT2D eigenvalue weighted by molar-refractivity contribution is 0.0612. The van der Waals surface area contributed by atoms with Gasteiger partial charge in [-0.05, 0) is 30.2 Å². The number of methoxy groups -OCH3 is 1. The van der Waals surface area contributed by atoms with Gasteiger partial charge >= 0.3 is 0 Å². The van der Waals surface area contributed by atoms with E-state index in [2.05, 4.69) is 22.8 Å². The molecule has 0 radical (unpaired) electrons. The molecule has 0 aromatic carbocycles. The van der Waals surface area contributed by atoms with Crippen LogP contribution in [0.5, 0.6) is 0 Å². The minimum atomic E-state index is -0.418. The highest BCUT2D eigenvalue weighted by molar-refractivity contribution is 7.10. The van der Waals surface area contributed by atoms with Crippen molar-refractivity contribution in [3.8, 4) is 0 Å². The zero-order valence-corrected chi connectivity index (χ0v) is 11.8. The van der Waals surface area contributed by atoms with Crippen molar-refractivity contribution in [2.45, 2.75) is 37.8 Å². The monoisotopic (exact) mass is 269 g/mol. The molecule has 2 atom stereocenters. The van der Waals surface area contributed by atoms with Gasteiger partial charge < -0.3 is 15.2 Å². The first-order valence-electron chi connectivity index (χ1n) is 6.75. The molecule has 1 fully saturated rings. The van der Waals surface area contributed by atoms with Crippen molar-refractivity contribution in [2.75, 3.05) is 20.3 Å². The second-order valence-corrected chi connectivity index (χ2v) is 6.03. The lowest BCUT2D eigenvalue weighted by atomic mass is 9.96. The summed E-state index contributed by atoms with van der Waals surface area (Å²) in [5.41, 5.74) is 0. The normalized spacial score (nSPS) is 20.1. The molecule has 0 spiro atoms. The number of ether oxygens (including phenoxy) is 1. The minimum Gasteiger partial charge on any atom is -0.389 e. The number of hydrogen-bond acceptors (Lipinski definition) is 4. The highest BCUT2D eigenvalue weighted by Gasteiger charge is 2.27. The van der Waals surface area contributed by atoms with Crippen LogP contribution in [0.3, 0.4) is 0 Å². The largest absolute Gasteiger partial charge is 0.389 e. The van der Waals surface area contributed by atoms with Crippen LogP contribution in [-0.2, 0) is 4.74 Å². The second kappa shape index (κ2) is 7.24. The van der Waals surface area contributed by atoms with E-state index in [0.717, 1.165) is 5.92 Å². The third kappa shape index (κ3) is 3.79. The fourth-order valence-electron chi connectivity index (χ4n) is 2.77. The van der Waals surface area contributed by atoms with Gasteiger partial charge in [-0.3, -0.25) is 0 Å². The van der Waals surface area contributed by atoms with Gasteiger partial charge in [0, 0.05) is 24.6 Å². The fraction of sp³-hybridized carbons (Fsp3) is 0.714. The first-order chi connectivity index (χ1) is 8.81. The molecule has 0 amide bonds. The van der Waals surface area contributed by atoms with E-state index in [4.69, 9.17) is 4.74 Å². The molecular formula is C14H23NO2S. The number of hydrogen-bond donors (Lipinski definition) is 2. The molecule has 0 aliphatic heterocycles. The van der Waals surface area contributed by atoms with Gasteiger partial charge in [-0.15, -0.1) is 11.3 Å². The van der Waals surface area contributed by atoms with Crippen molar-refractivity contribution in [2.24, 2.45) is 5.92 Å². The zero-order chi connectivity index (χ0) is 12.8. The summed E-state index contributed by atoms with van der Waals surface area (Å²) in [7, 11) is 1.62. The quantitative estimate of drug-likeness (QED) is 0.799. The standard InChI is InChI=1S/C14H23NO2S/c1-17-10-12(16)9-15-14(11-5-2-3-6-11)13-7-4-8-18-13/h4,7-8,11-12,14-16H,2-3,5-6,9-10H2,1H3. The molecule has 4 heteroatoms. The van der Waals surface area contributed by atoms with Crippen LogP contribution in [0.25, 0.3) is 0 Å². The Morgan fingerprint density at radius 1 is 1.50 bits per heavy atom. The molecular weight excluding hydrogens is 246 g/mol. The summed E-state index contributed by atoms with van der Waals surface area (Å²) in [6.07, 6.45) is 4.87. The third-order valence-electron chi connectivity index (χ3n) is 3.65. The second-order valence-electron chi connectivity index (χ2n) is 5.06. The lowest BCUT2D eigenvalue weighted by Crippen LogP contribution is -2.35. The highest BCUT2D eigenvalue weighted by Crippen LogP contribution is 2.37. The number of aliphatic hydroxyl groups excluding tert-OH is 1. The molecule has 2 unspecified atom stereocenters. The Bertz CT molecular complexity index is 323. The van der Waals surface area contributed by atoms with E-state index < -0.39 is 6.10 Å². The van der Waals surface area contributed by atoms with Crippen molar-refractivity contribution < 1.29 is 9.84 Å². The summed E-state index contributed by atoms with van der Waals surface area (Å²) >= 11 is 1.81. The van der Waals surface area contributed by atoms with E-state index in [0.29, 0.717) is 19.2 Å². The van der Waals surface area contributed by atoms with Crippen LogP contribution < -0.4 is 5.32 Å². The maximum absolute atomic E-state index is 9.75. The van der Waals surface area contributed by atoms with E-state index in [1.165, 1.54) is 30.6 Å². The van der Waals surface area contributed by atoms with E-state index >= 15 is 0 Å². The average molecular weight is 269 g/mol. The van der Waals surface area contributed by atoms with E-state index in [1.807, 2.05) is 11.3 Å². The van der Waals surface area contributed by atoms with Crippen LogP contribution >= 0.6 is 11.3 Å². The minimum absolute atomic E-state index is 0.398. The topological polar surface area (TPSA) is 41.5 Å². The third-order valence-corrected chi connectivity index (χ3v) is 4.61. The van der Waals surface area contributed by atoms with Gasteiger partial charge in [0.2, 0.25) is 0 Å². The summed E-state index contributed by atoms with van der Waals surface area (Å²) in [6.45, 7) is 1.00. The smallest absolute Gasteiger partial charge is 0.0897 e. The maximum Gasteiger partial charge on any atom is 0.0897 e. The summed E-state index contributed by atoms with van der Waals surface area (Å²) in [6, 6.07) is 4.71.